The van der Waals surface area contributed by atoms with Crippen LogP contribution in [0.25, 0.3) is 0 Å². The van der Waals surface area contributed by atoms with E-state index in [4.69, 9.17) is 4.74 Å². The first-order valence-electron chi connectivity index (χ1n) is 7.95. The monoisotopic (exact) mass is 269 g/mol. The molecule has 2 saturated heterocycles. The van der Waals surface area contributed by atoms with Gasteiger partial charge in [-0.1, -0.05) is 6.92 Å². The fourth-order valence-corrected chi connectivity index (χ4v) is 3.53. The Morgan fingerprint density at radius 2 is 1.68 bits per heavy atom. The van der Waals surface area contributed by atoms with Crippen molar-refractivity contribution in [2.75, 3.05) is 66.1 Å². The minimum atomic E-state index is 0.444. The molecule has 0 amide bonds. The van der Waals surface area contributed by atoms with Crippen molar-refractivity contribution in [2.24, 2.45) is 5.41 Å². The Balaban J connectivity index is 1.81. The minimum Gasteiger partial charge on any atom is -0.381 e. The average Bonchev–Trinajstić information content (AvgIpc) is 2.43. The van der Waals surface area contributed by atoms with Crippen molar-refractivity contribution in [1.29, 1.82) is 0 Å². The molecule has 112 valence electrons. The molecule has 2 aliphatic heterocycles. The van der Waals surface area contributed by atoms with Gasteiger partial charge in [-0.25, -0.2) is 0 Å². The van der Waals surface area contributed by atoms with Crippen molar-refractivity contribution in [2.45, 2.75) is 26.2 Å². The van der Waals surface area contributed by atoms with Crippen molar-refractivity contribution < 1.29 is 4.74 Å². The maximum absolute atomic E-state index is 5.55. The molecule has 2 rings (SSSR count). The van der Waals surface area contributed by atoms with E-state index in [1.54, 1.807) is 0 Å². The number of hydrogen-bond donors (Lipinski definition) is 1. The van der Waals surface area contributed by atoms with Gasteiger partial charge in [0.15, 0.2) is 0 Å². The molecule has 2 heterocycles. The summed E-state index contributed by atoms with van der Waals surface area (Å²) in [6.07, 6.45) is 3.70. The molecule has 0 aliphatic carbocycles. The van der Waals surface area contributed by atoms with Crippen LogP contribution in [0.2, 0.25) is 0 Å². The second-order valence-electron chi connectivity index (χ2n) is 6.26. The molecule has 0 spiro atoms. The Kier molecular flexibility index (Phi) is 6.07. The van der Waals surface area contributed by atoms with Crippen molar-refractivity contribution in [3.63, 3.8) is 0 Å². The largest absolute Gasteiger partial charge is 0.381 e. The number of ether oxygens (including phenoxy) is 1. The Hall–Kier alpha value is -0.160. The predicted molar refractivity (Wildman–Crippen MR) is 79.6 cm³/mol. The third-order valence-corrected chi connectivity index (χ3v) is 4.67. The van der Waals surface area contributed by atoms with Crippen LogP contribution in [0.4, 0.5) is 0 Å². The van der Waals surface area contributed by atoms with Crippen molar-refractivity contribution in [1.82, 2.24) is 15.1 Å². The number of hydrogen-bond acceptors (Lipinski definition) is 4. The Bertz CT molecular complexity index is 240. The van der Waals surface area contributed by atoms with Gasteiger partial charge in [-0.15, -0.1) is 0 Å². The molecule has 0 aromatic rings. The van der Waals surface area contributed by atoms with Gasteiger partial charge in [0.05, 0.1) is 0 Å². The lowest BCUT2D eigenvalue weighted by Gasteiger charge is -2.43. The van der Waals surface area contributed by atoms with E-state index in [9.17, 15) is 0 Å². The van der Waals surface area contributed by atoms with Gasteiger partial charge in [-0.2, -0.15) is 0 Å². The first-order valence-corrected chi connectivity index (χ1v) is 7.95. The summed E-state index contributed by atoms with van der Waals surface area (Å²) >= 11 is 0. The second kappa shape index (κ2) is 7.58. The summed E-state index contributed by atoms with van der Waals surface area (Å²) in [7, 11) is 2.08. The van der Waals surface area contributed by atoms with Crippen LogP contribution in [0.5, 0.6) is 0 Å². The summed E-state index contributed by atoms with van der Waals surface area (Å²) in [5, 5.41) is 3.40. The first-order chi connectivity index (χ1) is 9.28. The number of rotatable bonds is 6. The van der Waals surface area contributed by atoms with Crippen LogP contribution in [-0.4, -0.2) is 75.9 Å². The standard InChI is InChI=1S/C15H31N3O/c1-3-6-17-7-9-18(10-8-17)14-15(13-16-2)4-11-19-12-5-15/h16H,3-14H2,1-2H3. The topological polar surface area (TPSA) is 27.7 Å². The fraction of sp³-hybridized carbons (Fsp3) is 1.00. The van der Waals surface area contributed by atoms with Crippen LogP contribution in [0.3, 0.4) is 0 Å². The van der Waals surface area contributed by atoms with Crippen LogP contribution < -0.4 is 5.32 Å². The molecule has 0 bridgehead atoms. The molecule has 0 aromatic heterocycles. The highest BCUT2D eigenvalue weighted by atomic mass is 16.5. The predicted octanol–water partition coefficient (Wildman–Crippen LogP) is 1.03. The van der Waals surface area contributed by atoms with E-state index in [0.717, 1.165) is 19.8 Å². The zero-order valence-corrected chi connectivity index (χ0v) is 12.8. The summed E-state index contributed by atoms with van der Waals surface area (Å²) in [6.45, 7) is 12.8. The lowest BCUT2D eigenvalue weighted by molar-refractivity contribution is -0.0115. The molecule has 0 radical (unpaired) electrons. The smallest absolute Gasteiger partial charge is 0.0472 e. The van der Waals surface area contributed by atoms with Crippen LogP contribution in [-0.2, 0) is 4.74 Å². The van der Waals surface area contributed by atoms with E-state index in [-0.39, 0.29) is 0 Å². The maximum Gasteiger partial charge on any atom is 0.0472 e. The molecular weight excluding hydrogens is 238 g/mol. The van der Waals surface area contributed by atoms with Gasteiger partial charge in [0.2, 0.25) is 0 Å². The van der Waals surface area contributed by atoms with Gasteiger partial charge >= 0.3 is 0 Å². The molecule has 4 heteroatoms. The molecular formula is C15H31N3O. The van der Waals surface area contributed by atoms with Gasteiger partial charge in [0.25, 0.3) is 0 Å². The zero-order valence-electron chi connectivity index (χ0n) is 12.8. The lowest BCUT2D eigenvalue weighted by Crippen LogP contribution is -2.53. The van der Waals surface area contributed by atoms with Gasteiger partial charge in [0, 0.05) is 52.5 Å². The molecule has 0 aromatic carbocycles. The van der Waals surface area contributed by atoms with E-state index in [2.05, 4.69) is 29.1 Å². The zero-order chi connectivity index (χ0) is 13.6. The van der Waals surface area contributed by atoms with Gasteiger partial charge in [-0.05, 0) is 38.3 Å². The number of piperazine rings is 1. The third kappa shape index (κ3) is 4.42. The van der Waals surface area contributed by atoms with Gasteiger partial charge < -0.3 is 19.9 Å². The molecule has 2 fully saturated rings. The van der Waals surface area contributed by atoms with Gasteiger partial charge in [0.1, 0.15) is 0 Å². The van der Waals surface area contributed by atoms with Crippen molar-refractivity contribution in [3.8, 4) is 0 Å². The quantitative estimate of drug-likeness (QED) is 0.779. The molecule has 19 heavy (non-hydrogen) atoms. The highest BCUT2D eigenvalue weighted by Gasteiger charge is 2.34. The van der Waals surface area contributed by atoms with Crippen molar-refractivity contribution in [3.05, 3.63) is 0 Å². The highest BCUT2D eigenvalue weighted by molar-refractivity contribution is 4.88. The average molecular weight is 269 g/mol. The first kappa shape index (κ1) is 15.2. The SMILES string of the molecule is CCCN1CCN(CC2(CNC)CCOCC2)CC1. The van der Waals surface area contributed by atoms with E-state index >= 15 is 0 Å². The van der Waals surface area contributed by atoms with E-state index in [0.29, 0.717) is 5.41 Å². The van der Waals surface area contributed by atoms with E-state index < -0.39 is 0 Å². The molecule has 0 saturated carbocycles. The van der Waals surface area contributed by atoms with Crippen LogP contribution in [0.1, 0.15) is 26.2 Å². The molecule has 4 nitrogen and oxygen atoms in total. The third-order valence-electron chi connectivity index (χ3n) is 4.67. The van der Waals surface area contributed by atoms with Gasteiger partial charge in [-0.3, -0.25) is 0 Å². The van der Waals surface area contributed by atoms with Crippen molar-refractivity contribution >= 4 is 0 Å². The normalized spacial score (nSPS) is 25.6. The van der Waals surface area contributed by atoms with Crippen LogP contribution >= 0.6 is 0 Å². The molecule has 0 atom stereocenters. The maximum atomic E-state index is 5.55. The summed E-state index contributed by atoms with van der Waals surface area (Å²) in [5.74, 6) is 0. The summed E-state index contributed by atoms with van der Waals surface area (Å²) in [4.78, 5) is 5.28. The molecule has 2 aliphatic rings. The number of nitrogens with one attached hydrogen (secondary N) is 1. The van der Waals surface area contributed by atoms with E-state index in [1.807, 2.05) is 0 Å². The summed E-state index contributed by atoms with van der Waals surface area (Å²) < 4.78 is 5.55. The summed E-state index contributed by atoms with van der Waals surface area (Å²) in [6, 6.07) is 0. The molecule has 0 unspecified atom stereocenters. The van der Waals surface area contributed by atoms with Crippen LogP contribution in [0.15, 0.2) is 0 Å². The Labute approximate surface area is 118 Å². The lowest BCUT2D eigenvalue weighted by atomic mass is 9.79. The summed E-state index contributed by atoms with van der Waals surface area (Å²) in [5.41, 5.74) is 0.444. The van der Waals surface area contributed by atoms with Crippen LogP contribution in [0, 0.1) is 5.41 Å². The minimum absolute atomic E-state index is 0.444. The highest BCUT2D eigenvalue weighted by Crippen LogP contribution is 2.31. The fourth-order valence-electron chi connectivity index (χ4n) is 3.53. The van der Waals surface area contributed by atoms with E-state index in [1.165, 1.54) is 58.5 Å². The Morgan fingerprint density at radius 1 is 1.05 bits per heavy atom. The second-order valence-corrected chi connectivity index (χ2v) is 6.26. The number of nitrogens with zero attached hydrogens (tertiary/aromatic N) is 2. The Morgan fingerprint density at radius 3 is 2.26 bits per heavy atom. The molecule has 1 N–H and O–H groups in total.